The van der Waals surface area contributed by atoms with Crippen LogP contribution in [0.15, 0.2) is 6.07 Å². The van der Waals surface area contributed by atoms with Crippen molar-refractivity contribution in [1.29, 1.82) is 0 Å². The summed E-state index contributed by atoms with van der Waals surface area (Å²) >= 11 is 0. The predicted molar refractivity (Wildman–Crippen MR) is 80.9 cm³/mol. The first-order valence-corrected chi connectivity index (χ1v) is 7.73. The Bertz CT molecular complexity index is 527. The second-order valence-electron chi connectivity index (χ2n) is 7.80. The minimum Gasteiger partial charge on any atom is -0.485 e. The van der Waals surface area contributed by atoms with Gasteiger partial charge in [0.05, 0.1) is 5.69 Å². The summed E-state index contributed by atoms with van der Waals surface area (Å²) in [5, 5.41) is 0. The number of nitrogens with zero attached hydrogens (tertiary/aromatic N) is 1. The van der Waals surface area contributed by atoms with Crippen molar-refractivity contribution >= 4 is 0 Å². The smallest absolute Gasteiger partial charge is 0.146 e. The first kappa shape index (κ1) is 13.9. The van der Waals surface area contributed by atoms with Gasteiger partial charge in [-0.05, 0) is 44.1 Å². The average molecular weight is 274 g/mol. The van der Waals surface area contributed by atoms with Crippen LogP contribution < -0.4 is 10.5 Å². The van der Waals surface area contributed by atoms with Gasteiger partial charge in [-0.2, -0.15) is 0 Å². The van der Waals surface area contributed by atoms with Gasteiger partial charge < -0.3 is 10.5 Å². The fraction of sp³-hybridized carbons (Fsp3) is 0.706. The summed E-state index contributed by atoms with van der Waals surface area (Å²) in [7, 11) is 0. The molecule has 2 N–H and O–H groups in total. The quantitative estimate of drug-likeness (QED) is 0.849. The lowest BCUT2D eigenvalue weighted by atomic mass is 9.73. The monoisotopic (exact) mass is 274 g/mol. The van der Waals surface area contributed by atoms with Gasteiger partial charge in [0.2, 0.25) is 0 Å². The van der Waals surface area contributed by atoms with Gasteiger partial charge in [0.1, 0.15) is 11.4 Å². The number of pyridine rings is 1. The Morgan fingerprint density at radius 3 is 2.65 bits per heavy atom. The molecule has 1 aromatic rings. The third kappa shape index (κ3) is 2.44. The van der Waals surface area contributed by atoms with E-state index in [9.17, 15) is 0 Å². The molecule has 0 bridgehead atoms. The molecule has 3 nitrogen and oxygen atoms in total. The van der Waals surface area contributed by atoms with Gasteiger partial charge in [0.25, 0.3) is 0 Å². The maximum absolute atomic E-state index is 6.43. The number of fused-ring (bicyclic) bond motifs is 1. The number of hydrogen-bond donors (Lipinski definition) is 1. The van der Waals surface area contributed by atoms with Crippen molar-refractivity contribution in [1.82, 2.24) is 4.98 Å². The molecule has 110 valence electrons. The van der Waals surface area contributed by atoms with Crippen LogP contribution in [-0.2, 0) is 6.42 Å². The molecule has 3 rings (SSSR count). The molecule has 2 heterocycles. The van der Waals surface area contributed by atoms with Gasteiger partial charge in [-0.1, -0.05) is 20.8 Å². The highest BCUT2D eigenvalue weighted by molar-refractivity contribution is 5.43. The Kier molecular flexibility index (Phi) is 3.09. The summed E-state index contributed by atoms with van der Waals surface area (Å²) in [6, 6.07) is 2.27. The van der Waals surface area contributed by atoms with Gasteiger partial charge in [-0.3, -0.25) is 4.98 Å². The topological polar surface area (TPSA) is 48.1 Å². The molecule has 0 aromatic carbocycles. The average Bonchev–Trinajstić information content (AvgIpc) is 2.26. The van der Waals surface area contributed by atoms with Crippen molar-refractivity contribution in [3.8, 4) is 5.75 Å². The Hall–Kier alpha value is -1.09. The van der Waals surface area contributed by atoms with E-state index in [4.69, 9.17) is 15.5 Å². The van der Waals surface area contributed by atoms with Crippen LogP contribution in [0.2, 0.25) is 0 Å². The van der Waals surface area contributed by atoms with Crippen LogP contribution in [0.25, 0.3) is 0 Å². The number of ether oxygens (including phenoxy) is 1. The predicted octanol–water partition coefficient (Wildman–Crippen LogP) is 3.68. The van der Waals surface area contributed by atoms with Crippen molar-refractivity contribution in [2.75, 3.05) is 0 Å². The molecule has 0 radical (unpaired) electrons. The highest BCUT2D eigenvalue weighted by atomic mass is 16.5. The van der Waals surface area contributed by atoms with Crippen LogP contribution in [0.4, 0.5) is 0 Å². The Morgan fingerprint density at radius 1 is 1.40 bits per heavy atom. The zero-order chi connectivity index (χ0) is 14.5. The van der Waals surface area contributed by atoms with Crippen LogP contribution in [0.3, 0.4) is 0 Å². The fourth-order valence-electron chi connectivity index (χ4n) is 3.44. The Balaban J connectivity index is 1.96. The lowest BCUT2D eigenvalue weighted by Crippen LogP contribution is -2.48. The largest absolute Gasteiger partial charge is 0.485 e. The van der Waals surface area contributed by atoms with E-state index in [1.807, 2.05) is 0 Å². The maximum Gasteiger partial charge on any atom is 0.146 e. The van der Waals surface area contributed by atoms with Crippen molar-refractivity contribution in [2.24, 2.45) is 11.1 Å². The van der Waals surface area contributed by atoms with Crippen LogP contribution >= 0.6 is 0 Å². The van der Waals surface area contributed by atoms with Gasteiger partial charge in [-0.15, -0.1) is 0 Å². The summed E-state index contributed by atoms with van der Waals surface area (Å²) < 4.78 is 6.30. The van der Waals surface area contributed by atoms with Crippen LogP contribution in [0.5, 0.6) is 5.75 Å². The Labute approximate surface area is 121 Å². The van der Waals surface area contributed by atoms with E-state index in [-0.39, 0.29) is 17.1 Å². The molecule has 1 aliphatic carbocycles. The molecule has 0 saturated heterocycles. The molecular weight excluding hydrogens is 248 g/mol. The Morgan fingerprint density at radius 2 is 2.10 bits per heavy atom. The van der Waals surface area contributed by atoms with Gasteiger partial charge in [0, 0.05) is 23.7 Å². The number of aryl methyl sites for hydroxylation is 1. The number of hydrogen-bond acceptors (Lipinski definition) is 3. The van der Waals surface area contributed by atoms with Crippen LogP contribution in [-0.4, -0.2) is 10.6 Å². The third-order valence-corrected chi connectivity index (χ3v) is 4.51. The second-order valence-corrected chi connectivity index (χ2v) is 7.80. The summed E-state index contributed by atoms with van der Waals surface area (Å²) in [6.07, 6.45) is 5.47. The molecule has 1 aliphatic heterocycles. The van der Waals surface area contributed by atoms with Gasteiger partial charge >= 0.3 is 0 Å². The zero-order valence-electron chi connectivity index (χ0n) is 13.1. The SMILES string of the molecule is Cc1nc(CC(C)(C)C)cc2c1OC1(CCC1)C[C@@H]2N. The molecule has 1 atom stereocenters. The first-order valence-electron chi connectivity index (χ1n) is 7.73. The van der Waals surface area contributed by atoms with E-state index in [2.05, 4.69) is 33.8 Å². The van der Waals surface area contributed by atoms with Crippen molar-refractivity contribution in [3.63, 3.8) is 0 Å². The van der Waals surface area contributed by atoms with E-state index in [0.29, 0.717) is 0 Å². The number of nitrogens with two attached hydrogens (primary N) is 1. The van der Waals surface area contributed by atoms with Crippen molar-refractivity contribution < 1.29 is 4.74 Å². The van der Waals surface area contributed by atoms with Crippen LogP contribution in [0.1, 0.15) is 69.4 Å². The van der Waals surface area contributed by atoms with Gasteiger partial charge in [0.15, 0.2) is 0 Å². The number of rotatable bonds is 1. The summed E-state index contributed by atoms with van der Waals surface area (Å²) in [5.74, 6) is 0.959. The van der Waals surface area contributed by atoms with Crippen LogP contribution in [0, 0.1) is 12.3 Å². The number of aromatic nitrogens is 1. The first-order chi connectivity index (χ1) is 9.28. The van der Waals surface area contributed by atoms with Crippen molar-refractivity contribution in [2.45, 2.75) is 71.4 Å². The molecule has 20 heavy (non-hydrogen) atoms. The lowest BCUT2D eigenvalue weighted by Gasteiger charge is -2.47. The molecular formula is C17H26N2O. The highest BCUT2D eigenvalue weighted by Crippen LogP contribution is 2.49. The van der Waals surface area contributed by atoms with E-state index in [0.717, 1.165) is 48.4 Å². The summed E-state index contributed by atoms with van der Waals surface area (Å²) in [6.45, 7) is 8.77. The summed E-state index contributed by atoms with van der Waals surface area (Å²) in [5.41, 5.74) is 9.98. The molecule has 3 heteroatoms. The standard InChI is InChI=1S/C17H26N2O/c1-11-15-13(8-12(19-11)9-16(2,3)4)14(18)10-17(20-15)6-5-7-17/h8,14H,5-7,9-10,18H2,1-4H3/t14-/m0/s1. The van der Waals surface area contributed by atoms with E-state index >= 15 is 0 Å². The zero-order valence-corrected chi connectivity index (χ0v) is 13.1. The molecule has 1 aromatic heterocycles. The van der Waals surface area contributed by atoms with E-state index in [1.165, 1.54) is 6.42 Å². The normalized spacial score (nSPS) is 23.9. The molecule has 2 aliphatic rings. The maximum atomic E-state index is 6.43. The minimum atomic E-state index is 0.0183. The third-order valence-electron chi connectivity index (χ3n) is 4.51. The lowest BCUT2D eigenvalue weighted by molar-refractivity contribution is -0.0339. The molecule has 1 fully saturated rings. The minimum absolute atomic E-state index is 0.0183. The fourth-order valence-corrected chi connectivity index (χ4v) is 3.44. The van der Waals surface area contributed by atoms with Gasteiger partial charge in [-0.25, -0.2) is 0 Å². The molecule has 1 saturated carbocycles. The second kappa shape index (κ2) is 4.45. The highest BCUT2D eigenvalue weighted by Gasteiger charge is 2.45. The molecule has 0 unspecified atom stereocenters. The van der Waals surface area contributed by atoms with E-state index in [1.54, 1.807) is 0 Å². The molecule has 0 amide bonds. The molecule has 1 spiro atoms. The van der Waals surface area contributed by atoms with E-state index < -0.39 is 0 Å². The summed E-state index contributed by atoms with van der Waals surface area (Å²) in [4.78, 5) is 4.75. The van der Waals surface area contributed by atoms with Crippen molar-refractivity contribution in [3.05, 3.63) is 23.0 Å².